The number of pyridine rings is 1. The molecule has 2 aromatic rings. The molecule has 0 aliphatic carbocycles. The summed E-state index contributed by atoms with van der Waals surface area (Å²) < 4.78 is 2.07. The highest BCUT2D eigenvalue weighted by molar-refractivity contribution is 5.15. The van der Waals surface area contributed by atoms with E-state index in [9.17, 15) is 0 Å². The lowest BCUT2D eigenvalue weighted by Gasteiger charge is -2.01. The average molecular weight is 339 g/mol. The molecule has 2 heteroatoms. The van der Waals surface area contributed by atoms with Crippen molar-refractivity contribution in [2.75, 3.05) is 0 Å². The molecule has 0 bridgehead atoms. The summed E-state index contributed by atoms with van der Waals surface area (Å²) in [6.45, 7) is 0. The molecule has 2 rings (SSSR count). The van der Waals surface area contributed by atoms with Crippen LogP contribution in [0.15, 0.2) is 54.9 Å². The maximum absolute atomic E-state index is 2.20. The highest BCUT2D eigenvalue weighted by atomic mass is 127. The van der Waals surface area contributed by atoms with Crippen LogP contribution in [0.3, 0.4) is 0 Å². The van der Waals surface area contributed by atoms with Crippen molar-refractivity contribution in [1.29, 1.82) is 0 Å². The van der Waals surface area contributed by atoms with E-state index in [1.54, 1.807) is 0 Å². The highest BCUT2D eigenvalue weighted by Gasteiger charge is 1.97. The molecule has 0 saturated carbocycles. The first kappa shape index (κ1) is 14.2. The van der Waals surface area contributed by atoms with Gasteiger partial charge in [-0.25, -0.2) is 4.57 Å². The van der Waals surface area contributed by atoms with Crippen LogP contribution in [0.2, 0.25) is 0 Å². The molecule has 0 spiro atoms. The quantitative estimate of drug-likeness (QED) is 0.532. The van der Waals surface area contributed by atoms with Crippen molar-refractivity contribution >= 4 is 0 Å². The molecule has 0 saturated heterocycles. The molecule has 0 amide bonds. The molecule has 0 unspecified atom stereocenters. The lowest BCUT2D eigenvalue weighted by Crippen LogP contribution is -3.00. The SMILES string of the molecule is C[n+]1ccc(CCCc2ccccc2)cc1.[I-]. The summed E-state index contributed by atoms with van der Waals surface area (Å²) >= 11 is 0. The number of benzene rings is 1. The molecule has 0 N–H and O–H groups in total. The van der Waals surface area contributed by atoms with Crippen molar-refractivity contribution in [2.45, 2.75) is 19.3 Å². The van der Waals surface area contributed by atoms with E-state index in [1.807, 2.05) is 7.05 Å². The van der Waals surface area contributed by atoms with Crippen LogP contribution in [0.5, 0.6) is 0 Å². The topological polar surface area (TPSA) is 3.88 Å². The van der Waals surface area contributed by atoms with E-state index >= 15 is 0 Å². The molecule has 17 heavy (non-hydrogen) atoms. The monoisotopic (exact) mass is 339 g/mol. The zero-order valence-electron chi connectivity index (χ0n) is 10.1. The standard InChI is InChI=1S/C15H18N.HI/c1-16-12-10-15(11-13-16)9-5-8-14-6-3-2-4-7-14;/h2-4,6-7,10-13H,5,8-9H2,1H3;1H/q+1;/p-1. The molecule has 0 aliphatic heterocycles. The largest absolute Gasteiger partial charge is 1.00 e. The van der Waals surface area contributed by atoms with Crippen LogP contribution < -0.4 is 28.5 Å². The predicted octanol–water partition coefficient (Wildman–Crippen LogP) is -0.310. The van der Waals surface area contributed by atoms with Gasteiger partial charge in [-0.3, -0.25) is 0 Å². The number of nitrogens with zero attached hydrogens (tertiary/aromatic N) is 1. The van der Waals surface area contributed by atoms with Crippen LogP contribution in [0.4, 0.5) is 0 Å². The fraction of sp³-hybridized carbons (Fsp3) is 0.267. The Hall–Kier alpha value is -0.900. The Kier molecular flexibility index (Phi) is 6.19. The van der Waals surface area contributed by atoms with E-state index in [-0.39, 0.29) is 24.0 Å². The van der Waals surface area contributed by atoms with Crippen molar-refractivity contribution < 1.29 is 28.5 Å². The minimum atomic E-state index is 0. The lowest BCUT2D eigenvalue weighted by molar-refractivity contribution is -0.671. The molecular weight excluding hydrogens is 321 g/mol. The zero-order chi connectivity index (χ0) is 11.2. The highest BCUT2D eigenvalue weighted by Crippen LogP contribution is 2.06. The van der Waals surface area contributed by atoms with Gasteiger partial charge in [0.1, 0.15) is 7.05 Å². The maximum atomic E-state index is 2.20. The summed E-state index contributed by atoms with van der Waals surface area (Å²) in [5.74, 6) is 0. The summed E-state index contributed by atoms with van der Waals surface area (Å²) in [5, 5.41) is 0. The Morgan fingerprint density at radius 2 is 1.35 bits per heavy atom. The third kappa shape index (κ3) is 4.86. The molecular formula is C15H18IN. The van der Waals surface area contributed by atoms with E-state index in [0.717, 1.165) is 6.42 Å². The second kappa shape index (κ2) is 7.43. The van der Waals surface area contributed by atoms with Gasteiger partial charge < -0.3 is 24.0 Å². The smallest absolute Gasteiger partial charge is 0.168 e. The Morgan fingerprint density at radius 3 is 1.94 bits per heavy atom. The van der Waals surface area contributed by atoms with Crippen molar-refractivity contribution in [3.8, 4) is 0 Å². The van der Waals surface area contributed by atoms with Gasteiger partial charge in [-0.2, -0.15) is 0 Å². The molecule has 0 atom stereocenters. The molecule has 1 nitrogen and oxygen atoms in total. The normalized spacial score (nSPS) is 9.71. The van der Waals surface area contributed by atoms with Gasteiger partial charge in [0.05, 0.1) is 0 Å². The van der Waals surface area contributed by atoms with E-state index in [4.69, 9.17) is 0 Å². The summed E-state index contributed by atoms with van der Waals surface area (Å²) in [6, 6.07) is 15.1. The van der Waals surface area contributed by atoms with Crippen molar-refractivity contribution in [3.05, 3.63) is 66.0 Å². The lowest BCUT2D eigenvalue weighted by atomic mass is 10.1. The molecule has 0 radical (unpaired) electrons. The van der Waals surface area contributed by atoms with Gasteiger partial charge in [-0.1, -0.05) is 30.3 Å². The molecule has 0 aliphatic rings. The average Bonchev–Trinajstić information content (AvgIpc) is 2.33. The molecule has 0 fully saturated rings. The van der Waals surface area contributed by atoms with E-state index in [1.165, 1.54) is 24.0 Å². The number of halogens is 1. The summed E-state index contributed by atoms with van der Waals surface area (Å²) in [5.41, 5.74) is 2.86. The number of hydrogen-bond donors (Lipinski definition) is 0. The van der Waals surface area contributed by atoms with Gasteiger partial charge in [0, 0.05) is 12.1 Å². The Balaban J connectivity index is 0.00000144. The number of aryl methyl sites for hydroxylation is 3. The van der Waals surface area contributed by atoms with Crippen molar-refractivity contribution in [1.82, 2.24) is 0 Å². The minimum absolute atomic E-state index is 0. The van der Waals surface area contributed by atoms with Gasteiger partial charge in [0.2, 0.25) is 0 Å². The fourth-order valence-corrected chi connectivity index (χ4v) is 1.84. The second-order valence-electron chi connectivity index (χ2n) is 4.21. The summed E-state index contributed by atoms with van der Waals surface area (Å²) in [6.07, 6.45) is 7.77. The van der Waals surface area contributed by atoms with Gasteiger partial charge in [-0.05, 0) is 30.4 Å². The maximum Gasteiger partial charge on any atom is 0.168 e. The second-order valence-corrected chi connectivity index (χ2v) is 4.21. The molecule has 1 aromatic carbocycles. The number of hydrogen-bond acceptors (Lipinski definition) is 0. The Bertz CT molecular complexity index is 422. The first-order valence-corrected chi connectivity index (χ1v) is 5.83. The first-order chi connectivity index (χ1) is 7.84. The fourth-order valence-electron chi connectivity index (χ4n) is 1.84. The van der Waals surface area contributed by atoms with Crippen LogP contribution in [-0.4, -0.2) is 0 Å². The van der Waals surface area contributed by atoms with Crippen LogP contribution in [0.1, 0.15) is 17.5 Å². The van der Waals surface area contributed by atoms with E-state index < -0.39 is 0 Å². The zero-order valence-corrected chi connectivity index (χ0v) is 12.3. The summed E-state index contributed by atoms with van der Waals surface area (Å²) in [7, 11) is 2.05. The summed E-state index contributed by atoms with van der Waals surface area (Å²) in [4.78, 5) is 0. The van der Waals surface area contributed by atoms with Crippen LogP contribution >= 0.6 is 0 Å². The van der Waals surface area contributed by atoms with Gasteiger partial charge in [0.25, 0.3) is 0 Å². The Morgan fingerprint density at radius 1 is 0.824 bits per heavy atom. The molecule has 90 valence electrons. The van der Waals surface area contributed by atoms with Crippen LogP contribution in [0.25, 0.3) is 0 Å². The van der Waals surface area contributed by atoms with E-state index in [0.29, 0.717) is 0 Å². The number of rotatable bonds is 4. The van der Waals surface area contributed by atoms with E-state index in [2.05, 4.69) is 59.4 Å². The first-order valence-electron chi connectivity index (χ1n) is 5.83. The molecule has 1 aromatic heterocycles. The van der Waals surface area contributed by atoms with Crippen molar-refractivity contribution in [3.63, 3.8) is 0 Å². The minimum Gasteiger partial charge on any atom is -1.00 e. The van der Waals surface area contributed by atoms with Crippen LogP contribution in [0, 0.1) is 0 Å². The van der Waals surface area contributed by atoms with Crippen LogP contribution in [-0.2, 0) is 19.9 Å². The van der Waals surface area contributed by atoms with Crippen molar-refractivity contribution in [2.24, 2.45) is 7.05 Å². The third-order valence-corrected chi connectivity index (χ3v) is 2.82. The van der Waals surface area contributed by atoms with Gasteiger partial charge in [0.15, 0.2) is 12.4 Å². The van der Waals surface area contributed by atoms with Gasteiger partial charge in [-0.15, -0.1) is 0 Å². The molecule has 1 heterocycles. The predicted molar refractivity (Wildman–Crippen MR) is 66.1 cm³/mol. The Labute approximate surface area is 121 Å². The third-order valence-electron chi connectivity index (χ3n) is 2.82. The van der Waals surface area contributed by atoms with Gasteiger partial charge >= 0.3 is 0 Å². The number of aromatic nitrogens is 1.